The van der Waals surface area contributed by atoms with E-state index < -0.39 is 15.8 Å². The summed E-state index contributed by atoms with van der Waals surface area (Å²) in [6.07, 6.45) is 1.50. The van der Waals surface area contributed by atoms with Crippen molar-refractivity contribution in [3.63, 3.8) is 0 Å². The number of carbonyl (C=O) groups excluding carboxylic acids is 1. The summed E-state index contributed by atoms with van der Waals surface area (Å²) in [4.78, 5) is 37.6. The van der Waals surface area contributed by atoms with Gasteiger partial charge in [-0.05, 0) is 42.8 Å². The number of cyclic esters (lactones) is 1. The molecule has 0 saturated heterocycles. The molecule has 0 atom stereocenters. The molecule has 0 radical (unpaired) electrons. The first-order valence-corrected chi connectivity index (χ1v) is 10.0. The molecule has 4 rings (SSSR count). The van der Waals surface area contributed by atoms with Crippen molar-refractivity contribution in [2.45, 2.75) is 13.5 Å². The molecule has 0 fully saturated rings. The molecule has 0 aliphatic carbocycles. The third kappa shape index (κ3) is 4.80. The van der Waals surface area contributed by atoms with Crippen LogP contribution >= 0.6 is 0 Å². The van der Waals surface area contributed by atoms with E-state index in [1.165, 1.54) is 24.3 Å². The number of para-hydroxylation sites is 1. The molecule has 10 nitrogen and oxygen atoms in total. The highest BCUT2D eigenvalue weighted by molar-refractivity contribution is 6.13. The topological polar surface area (TPSA) is 134 Å². The Labute approximate surface area is 193 Å². The summed E-state index contributed by atoms with van der Waals surface area (Å²) < 4.78 is 11.1. The number of rotatable bonds is 7. The number of nitro groups is 2. The van der Waals surface area contributed by atoms with Gasteiger partial charge in [0.2, 0.25) is 5.90 Å². The molecule has 170 valence electrons. The maximum Gasteiger partial charge on any atom is 0.363 e. The monoisotopic (exact) mass is 459 g/mol. The van der Waals surface area contributed by atoms with Crippen LogP contribution in [0.5, 0.6) is 5.75 Å². The molecule has 1 heterocycles. The molecular formula is C24H17N3O7. The first kappa shape index (κ1) is 22.3. The van der Waals surface area contributed by atoms with Crippen LogP contribution in [-0.2, 0) is 16.1 Å². The van der Waals surface area contributed by atoms with Gasteiger partial charge in [0, 0.05) is 34.9 Å². The lowest BCUT2D eigenvalue weighted by Gasteiger charge is -2.09. The smallest absolute Gasteiger partial charge is 0.363 e. The van der Waals surface area contributed by atoms with Crippen LogP contribution in [0.25, 0.3) is 6.08 Å². The lowest BCUT2D eigenvalue weighted by atomic mass is 10.1. The molecule has 0 unspecified atom stereocenters. The summed E-state index contributed by atoms with van der Waals surface area (Å²) >= 11 is 0. The summed E-state index contributed by atoms with van der Waals surface area (Å²) in [5.41, 5.74) is 2.00. The molecule has 1 aliphatic heterocycles. The third-order valence-electron chi connectivity index (χ3n) is 5.03. The fourth-order valence-electron chi connectivity index (χ4n) is 3.23. The van der Waals surface area contributed by atoms with Gasteiger partial charge >= 0.3 is 5.97 Å². The minimum Gasteiger partial charge on any atom is -0.488 e. The standard InChI is InChI=1S/C24H17N3O7/c1-15-6-9-18(13-21(15)27(31)32)23-25-20(24(28)34-23)12-17-4-2-3-5-22(17)33-14-16-7-10-19(11-8-16)26(29)30/h2-13H,14H2,1H3/b20-12-. The van der Waals surface area contributed by atoms with Gasteiger partial charge in [-0.15, -0.1) is 0 Å². The lowest BCUT2D eigenvalue weighted by molar-refractivity contribution is -0.385. The number of aliphatic imine (C=N–C) groups is 1. The Kier molecular flexibility index (Phi) is 6.13. The van der Waals surface area contributed by atoms with E-state index in [9.17, 15) is 25.0 Å². The Morgan fingerprint density at radius 1 is 1.00 bits per heavy atom. The molecule has 34 heavy (non-hydrogen) atoms. The van der Waals surface area contributed by atoms with Crippen molar-refractivity contribution in [2.75, 3.05) is 0 Å². The van der Waals surface area contributed by atoms with Crippen molar-refractivity contribution in [1.29, 1.82) is 0 Å². The van der Waals surface area contributed by atoms with Gasteiger partial charge in [0.05, 0.1) is 9.85 Å². The molecule has 0 saturated carbocycles. The zero-order valence-corrected chi connectivity index (χ0v) is 17.8. The van der Waals surface area contributed by atoms with E-state index in [0.29, 0.717) is 22.4 Å². The van der Waals surface area contributed by atoms with Crippen LogP contribution in [-0.4, -0.2) is 21.7 Å². The average molecular weight is 459 g/mol. The number of nitrogens with zero attached hydrogens (tertiary/aromatic N) is 3. The van der Waals surface area contributed by atoms with Crippen LogP contribution in [0.2, 0.25) is 0 Å². The lowest BCUT2D eigenvalue weighted by Crippen LogP contribution is -2.06. The molecule has 3 aromatic rings. The summed E-state index contributed by atoms with van der Waals surface area (Å²) in [5, 5.41) is 22.0. The van der Waals surface area contributed by atoms with Crippen LogP contribution in [0.3, 0.4) is 0 Å². The number of hydrogen-bond acceptors (Lipinski definition) is 8. The van der Waals surface area contributed by atoms with E-state index >= 15 is 0 Å². The normalized spacial score (nSPS) is 14.0. The van der Waals surface area contributed by atoms with Crippen molar-refractivity contribution >= 4 is 29.3 Å². The van der Waals surface area contributed by atoms with Gasteiger partial charge in [0.15, 0.2) is 5.70 Å². The zero-order valence-electron chi connectivity index (χ0n) is 17.8. The average Bonchev–Trinajstić information content (AvgIpc) is 3.19. The number of nitro benzene ring substituents is 2. The quantitative estimate of drug-likeness (QED) is 0.216. The summed E-state index contributed by atoms with van der Waals surface area (Å²) in [6.45, 7) is 1.77. The highest BCUT2D eigenvalue weighted by Gasteiger charge is 2.26. The number of carbonyl (C=O) groups is 1. The predicted molar refractivity (Wildman–Crippen MR) is 122 cm³/mol. The summed E-state index contributed by atoms with van der Waals surface area (Å²) in [5.74, 6) is -0.247. The Hall–Kier alpha value is -4.86. The number of aryl methyl sites for hydroxylation is 1. The second-order valence-corrected chi connectivity index (χ2v) is 7.34. The van der Waals surface area contributed by atoms with Gasteiger partial charge in [0.1, 0.15) is 12.4 Å². The number of non-ortho nitro benzene ring substituents is 1. The van der Waals surface area contributed by atoms with Crippen molar-refractivity contribution in [3.05, 3.63) is 115 Å². The Morgan fingerprint density at radius 2 is 1.74 bits per heavy atom. The van der Waals surface area contributed by atoms with Crippen molar-refractivity contribution in [1.82, 2.24) is 0 Å². The molecule has 0 bridgehead atoms. The van der Waals surface area contributed by atoms with E-state index in [0.717, 1.165) is 5.56 Å². The van der Waals surface area contributed by atoms with E-state index in [-0.39, 0.29) is 29.6 Å². The minimum absolute atomic E-state index is 0.0128. The highest BCUT2D eigenvalue weighted by atomic mass is 16.6. The Morgan fingerprint density at radius 3 is 2.44 bits per heavy atom. The summed E-state index contributed by atoms with van der Waals surface area (Å²) in [7, 11) is 0. The molecule has 3 aromatic carbocycles. The molecule has 0 N–H and O–H groups in total. The first-order chi connectivity index (χ1) is 16.3. The van der Waals surface area contributed by atoms with Crippen LogP contribution in [0.15, 0.2) is 77.4 Å². The molecule has 1 aliphatic rings. The SMILES string of the molecule is Cc1ccc(C2=N/C(=C\c3ccccc3OCc3ccc([N+](=O)[O-])cc3)C(=O)O2)cc1[N+](=O)[O-]. The molecule has 10 heteroatoms. The van der Waals surface area contributed by atoms with E-state index in [1.54, 1.807) is 55.5 Å². The van der Waals surface area contributed by atoms with Gasteiger partial charge in [-0.2, -0.15) is 0 Å². The predicted octanol–water partition coefficient (Wildman–Crippen LogP) is 4.73. The number of hydrogen-bond donors (Lipinski definition) is 0. The number of benzene rings is 3. The molecular weight excluding hydrogens is 442 g/mol. The van der Waals surface area contributed by atoms with E-state index in [1.807, 2.05) is 0 Å². The molecule has 0 spiro atoms. The second-order valence-electron chi connectivity index (χ2n) is 7.34. The van der Waals surface area contributed by atoms with Gasteiger partial charge < -0.3 is 9.47 Å². The fraction of sp³-hybridized carbons (Fsp3) is 0.0833. The van der Waals surface area contributed by atoms with Gasteiger partial charge in [0.25, 0.3) is 11.4 Å². The maximum atomic E-state index is 12.4. The van der Waals surface area contributed by atoms with Gasteiger partial charge in [-0.1, -0.05) is 24.3 Å². The molecule has 0 aromatic heterocycles. The summed E-state index contributed by atoms with van der Waals surface area (Å²) in [6, 6.07) is 17.4. The largest absolute Gasteiger partial charge is 0.488 e. The van der Waals surface area contributed by atoms with E-state index in [4.69, 9.17) is 9.47 Å². The molecule has 0 amide bonds. The van der Waals surface area contributed by atoms with Crippen LogP contribution in [0.4, 0.5) is 11.4 Å². The maximum absolute atomic E-state index is 12.4. The Balaban J connectivity index is 1.57. The minimum atomic E-state index is -0.691. The fourth-order valence-corrected chi connectivity index (χ4v) is 3.23. The van der Waals surface area contributed by atoms with Gasteiger partial charge in [-0.3, -0.25) is 20.2 Å². The first-order valence-electron chi connectivity index (χ1n) is 10.0. The number of esters is 1. The van der Waals surface area contributed by atoms with Crippen molar-refractivity contribution < 1.29 is 24.1 Å². The number of ether oxygens (including phenoxy) is 2. The van der Waals surface area contributed by atoms with Gasteiger partial charge in [-0.25, -0.2) is 9.79 Å². The van der Waals surface area contributed by atoms with Crippen LogP contribution < -0.4 is 4.74 Å². The van der Waals surface area contributed by atoms with Crippen LogP contribution in [0.1, 0.15) is 22.3 Å². The third-order valence-corrected chi connectivity index (χ3v) is 5.03. The zero-order chi connectivity index (χ0) is 24.2. The second kappa shape index (κ2) is 9.33. The van der Waals surface area contributed by atoms with Crippen LogP contribution in [0, 0.1) is 27.2 Å². The van der Waals surface area contributed by atoms with E-state index in [2.05, 4.69) is 4.99 Å². The van der Waals surface area contributed by atoms with Crippen molar-refractivity contribution in [2.24, 2.45) is 4.99 Å². The Bertz CT molecular complexity index is 1360. The highest BCUT2D eigenvalue weighted by Crippen LogP contribution is 2.27. The van der Waals surface area contributed by atoms with Crippen molar-refractivity contribution in [3.8, 4) is 5.75 Å².